The highest BCUT2D eigenvalue weighted by atomic mass is 16.8. The molecule has 0 amide bonds. The van der Waals surface area contributed by atoms with Gasteiger partial charge < -0.3 is 94.4 Å². The van der Waals surface area contributed by atoms with E-state index in [9.17, 15) is 61.3 Å². The topological polar surface area (TPSA) is 311 Å². The van der Waals surface area contributed by atoms with Crippen molar-refractivity contribution in [2.24, 2.45) is 0 Å². The maximum Gasteiger partial charge on any atom is 0.270 e. The largest absolute Gasteiger partial charge is 0.571 e. The van der Waals surface area contributed by atoms with Gasteiger partial charge in [-0.3, -0.25) is 0 Å². The Kier molecular flexibility index (Phi) is 10.8. The highest BCUT2D eigenvalue weighted by Gasteiger charge is 2.52. The van der Waals surface area contributed by atoms with E-state index >= 15 is 0 Å². The van der Waals surface area contributed by atoms with Crippen molar-refractivity contribution in [1.29, 1.82) is 0 Å². The van der Waals surface area contributed by atoms with Crippen LogP contribution in [0.4, 0.5) is 0 Å². The first-order valence-corrected chi connectivity index (χ1v) is 16.0. The molecule has 4 aliphatic rings. The Balaban J connectivity index is 1.33. The predicted molar refractivity (Wildman–Crippen MR) is 165 cm³/mol. The van der Waals surface area contributed by atoms with Gasteiger partial charge in [-0.1, -0.05) is 0 Å². The van der Waals surface area contributed by atoms with Gasteiger partial charge in [0.25, 0.3) is 11.9 Å². The molecule has 0 saturated carbocycles. The Morgan fingerprint density at radius 3 is 2.18 bits per heavy atom. The Hall–Kier alpha value is -3.54. The molecular weight excluding hydrogens is 688 g/mol. The smallest absolute Gasteiger partial charge is 0.270 e. The molecule has 0 spiro atoms. The summed E-state index contributed by atoms with van der Waals surface area (Å²) >= 11 is 0. The number of benzene rings is 2. The third-order valence-electron chi connectivity index (χ3n) is 9.14. The summed E-state index contributed by atoms with van der Waals surface area (Å²) in [5, 5.41) is 125. The summed E-state index contributed by atoms with van der Waals surface area (Å²) in [6.45, 7) is 0.357. The molecule has 19 heteroatoms. The molecule has 51 heavy (non-hydrogen) atoms. The number of rotatable bonds is 8. The summed E-state index contributed by atoms with van der Waals surface area (Å²) in [6.07, 6.45) is -22.4. The standard InChI is InChI=1S/C32H40O19/c1-10-21(38)24(41)27(44)30(47-10)46-9-20-23(40)25(42)29(51-31-26(43)22(39)17(37)8-45-31)32(50-20)49-19-7-13-15(35)5-12(33)6-18(13)48-28(19)11-2-3-14(34)16(36)4-11/h2-7,10,17,20-44H,8-9H2,1H3/p+1/t10-,17+,20+,21-,22-,23+,24+,25-,26+,27+,28?,29+,30+,31-,32+/m1/s1. The lowest BCUT2D eigenvalue weighted by atomic mass is 9.97. The lowest BCUT2D eigenvalue weighted by Crippen LogP contribution is -2.63. The van der Waals surface area contributed by atoms with E-state index < -0.39 is 123 Å². The summed E-state index contributed by atoms with van der Waals surface area (Å²) < 4.78 is 39.0. The van der Waals surface area contributed by atoms with Crippen molar-refractivity contribution in [2.45, 2.75) is 99.0 Å². The van der Waals surface area contributed by atoms with Crippen molar-refractivity contribution < 1.29 is 94.4 Å². The average Bonchev–Trinajstić information content (AvgIpc) is 3.09. The molecule has 0 aromatic heterocycles. The number of phenols is 4. The molecule has 0 radical (unpaired) electrons. The molecular formula is C32H41O19+. The van der Waals surface area contributed by atoms with Crippen molar-refractivity contribution in [3.05, 3.63) is 47.2 Å². The lowest BCUT2D eigenvalue weighted by Gasteiger charge is -2.45. The van der Waals surface area contributed by atoms with Gasteiger partial charge >= 0.3 is 0 Å². The van der Waals surface area contributed by atoms with Gasteiger partial charge in [0.1, 0.15) is 72.0 Å². The lowest BCUT2D eigenvalue weighted by molar-refractivity contribution is -0.360. The molecule has 1 unspecified atom stereocenters. The van der Waals surface area contributed by atoms with Crippen LogP contribution in [-0.2, 0) is 28.4 Å². The molecule has 4 heterocycles. The molecule has 15 atom stereocenters. The van der Waals surface area contributed by atoms with Crippen molar-refractivity contribution in [3.8, 4) is 28.7 Å². The number of hydrogen-bond donors (Lipinski definition) is 12. The first kappa shape index (κ1) is 37.2. The first-order chi connectivity index (χ1) is 24.1. The van der Waals surface area contributed by atoms with Gasteiger partial charge in [-0.15, -0.1) is 0 Å². The minimum absolute atomic E-state index is 0.0808. The van der Waals surface area contributed by atoms with E-state index in [1.54, 1.807) is 0 Å². The minimum Gasteiger partial charge on any atom is -0.571 e. The summed E-state index contributed by atoms with van der Waals surface area (Å²) in [6, 6.07) is 6.07. The number of aliphatic hydroxyl groups excluding tert-OH is 8. The zero-order chi connectivity index (χ0) is 36.9. The summed E-state index contributed by atoms with van der Waals surface area (Å²) in [4.78, 5) is 0. The van der Waals surface area contributed by atoms with Crippen LogP contribution in [0.1, 0.15) is 24.2 Å². The van der Waals surface area contributed by atoms with Crippen LogP contribution in [0.2, 0.25) is 0 Å². The van der Waals surface area contributed by atoms with Gasteiger partial charge in [-0.05, 0) is 25.1 Å². The molecule has 3 saturated heterocycles. The van der Waals surface area contributed by atoms with E-state index in [0.29, 0.717) is 0 Å². The molecule has 13 N–H and O–H groups in total. The second-order valence-corrected chi connectivity index (χ2v) is 12.7. The van der Waals surface area contributed by atoms with Crippen molar-refractivity contribution in [2.75, 3.05) is 13.2 Å². The van der Waals surface area contributed by atoms with E-state index in [1.165, 1.54) is 37.3 Å². The van der Waals surface area contributed by atoms with Crippen LogP contribution < -0.4 is 0 Å². The molecule has 6 rings (SSSR count). The highest BCUT2D eigenvalue weighted by Crippen LogP contribution is 2.46. The quantitative estimate of drug-likeness (QED) is 0.0950. The van der Waals surface area contributed by atoms with Crippen molar-refractivity contribution in [1.82, 2.24) is 0 Å². The van der Waals surface area contributed by atoms with Crippen LogP contribution >= 0.6 is 0 Å². The van der Waals surface area contributed by atoms with E-state index in [1.807, 2.05) is 0 Å². The maximum atomic E-state index is 11.4. The SMILES string of the molecule is C[C@H]1O[C@H](OC[C@@H]2O[C@H](OC3=Cc4c(O)cc(O)cc4[OH+]C3c3ccc(O)c(O)c3)[C@@H](O[C@H]3OC[C@H](O)[C@@H](O)[C@@H]3O)[C@H](O)[C@H]2O)[C@@H](O)[C@@H](O)[C@@H]1O. The Morgan fingerprint density at radius 2 is 1.45 bits per heavy atom. The third kappa shape index (κ3) is 7.39. The van der Waals surface area contributed by atoms with Crippen molar-refractivity contribution >= 4 is 6.08 Å². The molecule has 0 aliphatic carbocycles. The summed E-state index contributed by atoms with van der Waals surface area (Å²) in [5.74, 6) is -1.68. The zero-order valence-electron chi connectivity index (χ0n) is 26.8. The number of aromatic hydroxyl groups is 5. The number of hydrogen-bond acceptors (Lipinski definition) is 18. The number of aliphatic hydroxyl groups is 9. The predicted octanol–water partition coefficient (Wildman–Crippen LogP) is -3.02. The minimum atomic E-state index is -1.91. The fourth-order valence-corrected chi connectivity index (χ4v) is 6.15. The Labute approximate surface area is 288 Å². The van der Waals surface area contributed by atoms with Gasteiger partial charge in [0.05, 0.1) is 30.9 Å². The monoisotopic (exact) mass is 729 g/mol. The van der Waals surface area contributed by atoms with E-state index in [4.69, 9.17) is 28.4 Å². The van der Waals surface area contributed by atoms with E-state index in [0.717, 1.165) is 6.07 Å². The molecule has 3 fully saturated rings. The molecule has 2 aromatic rings. The fourth-order valence-electron chi connectivity index (χ4n) is 6.15. The molecule has 4 aliphatic heterocycles. The van der Waals surface area contributed by atoms with E-state index in [2.05, 4.69) is 4.74 Å². The first-order valence-electron chi connectivity index (χ1n) is 16.0. The second kappa shape index (κ2) is 14.8. The van der Waals surface area contributed by atoms with Crippen LogP contribution in [0.25, 0.3) is 6.08 Å². The molecule has 282 valence electrons. The van der Waals surface area contributed by atoms with Crippen LogP contribution in [0.5, 0.6) is 28.7 Å². The summed E-state index contributed by atoms with van der Waals surface area (Å²) in [7, 11) is 0. The number of fused-ring (bicyclic) bond motifs is 1. The van der Waals surface area contributed by atoms with E-state index in [-0.39, 0.29) is 28.4 Å². The van der Waals surface area contributed by atoms with Crippen LogP contribution in [-0.4, -0.2) is 165 Å². The average molecular weight is 730 g/mol. The van der Waals surface area contributed by atoms with Crippen LogP contribution in [0.3, 0.4) is 0 Å². The molecule has 2 aromatic carbocycles. The Morgan fingerprint density at radius 1 is 0.725 bits per heavy atom. The summed E-state index contributed by atoms with van der Waals surface area (Å²) in [5.41, 5.74) is 0.317. The highest BCUT2D eigenvalue weighted by molar-refractivity contribution is 5.69. The van der Waals surface area contributed by atoms with Gasteiger partial charge in [-0.2, -0.15) is 0 Å². The Bertz CT molecular complexity index is 1570. The maximum absolute atomic E-state index is 11.4. The molecule has 0 bridgehead atoms. The number of ether oxygens (including phenoxy) is 7. The van der Waals surface area contributed by atoms with Crippen molar-refractivity contribution in [3.63, 3.8) is 0 Å². The number of phenolic OH excluding ortho intramolecular Hbond substituents is 4. The van der Waals surface area contributed by atoms with Crippen LogP contribution in [0.15, 0.2) is 36.1 Å². The fraction of sp³-hybridized carbons (Fsp3) is 0.562. The zero-order valence-corrected chi connectivity index (χ0v) is 26.8. The normalized spacial score (nSPS) is 39.8. The van der Waals surface area contributed by atoms with Gasteiger partial charge in [0, 0.05) is 12.1 Å². The van der Waals surface area contributed by atoms with Gasteiger partial charge in [0.2, 0.25) is 6.29 Å². The van der Waals surface area contributed by atoms with Crippen LogP contribution in [0, 0.1) is 0 Å². The van der Waals surface area contributed by atoms with Gasteiger partial charge in [-0.25, -0.2) is 0 Å². The van der Waals surface area contributed by atoms with Gasteiger partial charge in [0.15, 0.2) is 35.9 Å². The second-order valence-electron chi connectivity index (χ2n) is 12.7. The molecule has 19 nitrogen and oxygen atoms in total. The third-order valence-corrected chi connectivity index (χ3v) is 9.14.